The van der Waals surface area contributed by atoms with Crippen molar-refractivity contribution in [2.75, 3.05) is 0 Å². The van der Waals surface area contributed by atoms with Crippen LogP contribution in [0.2, 0.25) is 0 Å². The first kappa shape index (κ1) is 23.6. The maximum Gasteiger partial charge on any atom is 0.305 e. The van der Waals surface area contributed by atoms with Crippen LogP contribution in [0.3, 0.4) is 0 Å². The Morgan fingerprint density at radius 1 is 0.875 bits per heavy atom. The van der Waals surface area contributed by atoms with Gasteiger partial charge in [0.25, 0.3) is 5.79 Å². The molecule has 6 nitrogen and oxygen atoms in total. The summed E-state index contributed by atoms with van der Waals surface area (Å²) in [5.41, 5.74) is 4.89. The molecular formula is C26H32O6. The number of hydrogen-bond donors (Lipinski definition) is 2. The third kappa shape index (κ3) is 4.74. The minimum absolute atomic E-state index is 0.145. The van der Waals surface area contributed by atoms with E-state index in [1.165, 1.54) is 13.8 Å². The van der Waals surface area contributed by atoms with Crippen molar-refractivity contribution in [1.29, 1.82) is 0 Å². The summed E-state index contributed by atoms with van der Waals surface area (Å²) in [5, 5.41) is 22.0. The Morgan fingerprint density at radius 2 is 1.31 bits per heavy atom. The molecule has 3 rings (SSSR count). The molecule has 0 saturated heterocycles. The Bertz CT molecular complexity index is 981. The molecule has 6 heteroatoms. The van der Waals surface area contributed by atoms with Gasteiger partial charge in [-0.3, -0.25) is 9.59 Å². The van der Waals surface area contributed by atoms with E-state index < -0.39 is 17.7 Å². The van der Waals surface area contributed by atoms with Gasteiger partial charge in [0.15, 0.2) is 0 Å². The predicted molar refractivity (Wildman–Crippen MR) is 121 cm³/mol. The van der Waals surface area contributed by atoms with Crippen LogP contribution in [0.25, 0.3) is 0 Å². The van der Waals surface area contributed by atoms with Gasteiger partial charge >= 0.3 is 11.9 Å². The fourth-order valence-corrected chi connectivity index (χ4v) is 5.16. The first-order chi connectivity index (χ1) is 14.9. The number of aryl methyl sites for hydroxylation is 4. The van der Waals surface area contributed by atoms with Gasteiger partial charge in [-0.25, -0.2) is 0 Å². The van der Waals surface area contributed by atoms with E-state index in [4.69, 9.17) is 9.47 Å². The first-order valence-corrected chi connectivity index (χ1v) is 10.9. The van der Waals surface area contributed by atoms with Gasteiger partial charge in [-0.15, -0.1) is 0 Å². The van der Waals surface area contributed by atoms with E-state index in [2.05, 4.69) is 0 Å². The van der Waals surface area contributed by atoms with Gasteiger partial charge in [0.2, 0.25) is 0 Å². The minimum Gasteiger partial charge on any atom is -0.507 e. The molecule has 1 fully saturated rings. The van der Waals surface area contributed by atoms with Crippen molar-refractivity contribution in [3.05, 3.63) is 57.6 Å². The van der Waals surface area contributed by atoms with Crippen LogP contribution in [0.5, 0.6) is 11.5 Å². The third-order valence-electron chi connectivity index (χ3n) is 6.22. The van der Waals surface area contributed by atoms with Crippen molar-refractivity contribution in [1.82, 2.24) is 0 Å². The van der Waals surface area contributed by atoms with Gasteiger partial charge in [0, 0.05) is 43.7 Å². The van der Waals surface area contributed by atoms with Crippen molar-refractivity contribution in [2.24, 2.45) is 5.92 Å². The number of rotatable bonds is 5. The predicted octanol–water partition coefficient (Wildman–Crippen LogP) is 5.09. The number of aromatic hydroxyl groups is 2. The summed E-state index contributed by atoms with van der Waals surface area (Å²) in [5.74, 6) is -2.55. The van der Waals surface area contributed by atoms with E-state index >= 15 is 0 Å². The average Bonchev–Trinajstić information content (AvgIpc) is 3.04. The molecule has 0 spiro atoms. The standard InChI is InChI=1S/C26H32O6/c1-14-9-16(3)24(29)21(11-14)23(22-12-15(2)10-17(4)25(22)30)20-7-8-26(13-20,31-18(5)27)32-19(6)28/h9-12,20,23,29-30H,7-8,13H2,1-6H3. The molecule has 1 atom stereocenters. The number of carbonyl (C=O) groups excluding carboxylic acids is 2. The second-order valence-electron chi connectivity index (χ2n) is 9.12. The molecule has 1 unspecified atom stereocenters. The lowest BCUT2D eigenvalue weighted by atomic mass is 9.77. The fourth-order valence-electron chi connectivity index (χ4n) is 5.16. The van der Waals surface area contributed by atoms with Crippen LogP contribution < -0.4 is 0 Å². The first-order valence-electron chi connectivity index (χ1n) is 10.9. The van der Waals surface area contributed by atoms with E-state index in [9.17, 15) is 19.8 Å². The number of phenolic OH excluding ortho intramolecular Hbond substituents is 2. The zero-order chi connectivity index (χ0) is 23.8. The lowest BCUT2D eigenvalue weighted by Gasteiger charge is -2.31. The molecule has 0 heterocycles. The van der Waals surface area contributed by atoms with Crippen molar-refractivity contribution >= 4 is 11.9 Å². The van der Waals surface area contributed by atoms with Gasteiger partial charge in [0.1, 0.15) is 11.5 Å². The molecule has 172 valence electrons. The minimum atomic E-state index is -1.34. The van der Waals surface area contributed by atoms with E-state index in [1.54, 1.807) is 0 Å². The zero-order valence-electron chi connectivity index (χ0n) is 19.6. The Hall–Kier alpha value is -3.02. The van der Waals surface area contributed by atoms with E-state index in [-0.39, 0.29) is 29.8 Å². The summed E-state index contributed by atoms with van der Waals surface area (Å²) >= 11 is 0. The van der Waals surface area contributed by atoms with Gasteiger partial charge in [-0.05, 0) is 51.2 Å². The summed E-state index contributed by atoms with van der Waals surface area (Å²) in [6.45, 7) is 10.2. The Labute approximate surface area is 189 Å². The molecule has 0 radical (unpaired) electrons. The molecule has 2 aromatic carbocycles. The number of benzene rings is 2. The van der Waals surface area contributed by atoms with Crippen molar-refractivity contribution in [2.45, 2.75) is 72.5 Å². The number of phenols is 2. The summed E-state index contributed by atoms with van der Waals surface area (Å²) in [4.78, 5) is 23.6. The molecular weight excluding hydrogens is 408 g/mol. The average molecular weight is 441 g/mol. The highest BCUT2D eigenvalue weighted by molar-refractivity contribution is 5.69. The Morgan fingerprint density at radius 3 is 1.72 bits per heavy atom. The molecule has 0 amide bonds. The molecule has 0 aromatic heterocycles. The van der Waals surface area contributed by atoms with Gasteiger partial charge in [-0.1, -0.05) is 35.4 Å². The molecule has 2 aromatic rings. The fraction of sp³-hybridized carbons (Fsp3) is 0.462. The summed E-state index contributed by atoms with van der Waals surface area (Å²) in [7, 11) is 0. The van der Waals surface area contributed by atoms with Crippen LogP contribution in [-0.2, 0) is 19.1 Å². The number of hydrogen-bond acceptors (Lipinski definition) is 6. The number of ether oxygens (including phenoxy) is 2. The normalized spacial score (nSPS) is 17.4. The van der Waals surface area contributed by atoms with Gasteiger partial charge < -0.3 is 19.7 Å². The van der Waals surface area contributed by atoms with Crippen LogP contribution >= 0.6 is 0 Å². The maximum absolute atomic E-state index is 11.8. The second-order valence-corrected chi connectivity index (χ2v) is 9.12. The highest BCUT2D eigenvalue weighted by atomic mass is 16.7. The highest BCUT2D eigenvalue weighted by Gasteiger charge is 2.48. The maximum atomic E-state index is 11.8. The molecule has 2 N–H and O–H groups in total. The monoisotopic (exact) mass is 440 g/mol. The SMILES string of the molecule is CC(=O)OC1(OC(C)=O)CCC(C(c2cc(C)cc(C)c2O)c2cc(C)cc(C)c2O)C1. The van der Waals surface area contributed by atoms with Crippen molar-refractivity contribution in [3.8, 4) is 11.5 Å². The topological polar surface area (TPSA) is 93.1 Å². The lowest BCUT2D eigenvalue weighted by molar-refractivity contribution is -0.224. The molecule has 1 aliphatic rings. The quantitative estimate of drug-likeness (QED) is 0.497. The zero-order valence-corrected chi connectivity index (χ0v) is 19.6. The van der Waals surface area contributed by atoms with E-state index in [1.807, 2.05) is 52.0 Å². The van der Waals surface area contributed by atoms with Crippen LogP contribution in [-0.4, -0.2) is 27.9 Å². The lowest BCUT2D eigenvalue weighted by Crippen LogP contribution is -2.37. The number of esters is 2. The number of carbonyl (C=O) groups is 2. The Kier molecular flexibility index (Phi) is 6.54. The van der Waals surface area contributed by atoms with Crippen LogP contribution in [0, 0.1) is 33.6 Å². The van der Waals surface area contributed by atoms with E-state index in [0.717, 1.165) is 22.3 Å². The largest absolute Gasteiger partial charge is 0.507 e. The van der Waals surface area contributed by atoms with Gasteiger partial charge in [0.05, 0.1) is 0 Å². The third-order valence-corrected chi connectivity index (χ3v) is 6.22. The van der Waals surface area contributed by atoms with Crippen LogP contribution in [0.1, 0.15) is 72.4 Å². The van der Waals surface area contributed by atoms with Crippen LogP contribution in [0.15, 0.2) is 24.3 Å². The summed E-state index contributed by atoms with van der Waals surface area (Å²) in [6.07, 6.45) is 1.21. The molecule has 1 saturated carbocycles. The van der Waals surface area contributed by atoms with Crippen molar-refractivity contribution in [3.63, 3.8) is 0 Å². The van der Waals surface area contributed by atoms with Crippen molar-refractivity contribution < 1.29 is 29.3 Å². The summed E-state index contributed by atoms with van der Waals surface area (Å²) < 4.78 is 11.0. The summed E-state index contributed by atoms with van der Waals surface area (Å²) in [6, 6.07) is 7.69. The molecule has 0 bridgehead atoms. The van der Waals surface area contributed by atoms with Crippen LogP contribution in [0.4, 0.5) is 0 Å². The highest BCUT2D eigenvalue weighted by Crippen LogP contribution is 2.51. The molecule has 32 heavy (non-hydrogen) atoms. The second kappa shape index (κ2) is 8.85. The molecule has 1 aliphatic carbocycles. The van der Waals surface area contributed by atoms with Gasteiger partial charge in [-0.2, -0.15) is 0 Å². The molecule has 0 aliphatic heterocycles. The Balaban J connectivity index is 2.17. The van der Waals surface area contributed by atoms with E-state index in [0.29, 0.717) is 24.0 Å². The smallest absolute Gasteiger partial charge is 0.305 e.